The fourth-order valence-corrected chi connectivity index (χ4v) is 5.63. The number of guanidine groups is 1. The lowest BCUT2D eigenvalue weighted by molar-refractivity contribution is -0.144. The predicted octanol–water partition coefficient (Wildman–Crippen LogP) is 5.50. The van der Waals surface area contributed by atoms with E-state index in [0.717, 1.165) is 19.3 Å². The first kappa shape index (κ1) is 36.5. The van der Waals surface area contributed by atoms with Crippen LogP contribution in [0, 0.1) is 17.8 Å². The lowest BCUT2D eigenvalue weighted by atomic mass is 9.83. The number of hydrogen-bond acceptors (Lipinski definition) is 10. The van der Waals surface area contributed by atoms with E-state index >= 15 is 0 Å². The summed E-state index contributed by atoms with van der Waals surface area (Å²) in [5, 5.41) is 9.99. The molecule has 1 saturated carbocycles. The minimum absolute atomic E-state index is 0.0918. The minimum atomic E-state index is -4.76. The molecule has 0 radical (unpaired) electrons. The third kappa shape index (κ3) is 12.9. The normalized spacial score (nSPS) is 18.2. The predicted molar refractivity (Wildman–Crippen MR) is 150 cm³/mol. The number of rotatable bonds is 16. The van der Waals surface area contributed by atoms with E-state index in [1.54, 1.807) is 41.5 Å². The average Bonchev–Trinajstić information content (AvgIpc) is 2.90. The van der Waals surface area contributed by atoms with Crippen molar-refractivity contribution >= 4 is 32.0 Å². The number of aliphatic carboxylic acids is 1. The zero-order valence-corrected chi connectivity index (χ0v) is 26.2. The molecule has 1 rings (SSSR count). The zero-order chi connectivity index (χ0) is 31.2. The van der Waals surface area contributed by atoms with E-state index in [9.17, 15) is 24.1 Å². The molecule has 1 aliphatic rings. The highest BCUT2D eigenvalue weighted by atomic mass is 31.2. The molecule has 0 bridgehead atoms. The van der Waals surface area contributed by atoms with E-state index in [1.807, 2.05) is 0 Å². The van der Waals surface area contributed by atoms with E-state index in [2.05, 4.69) is 4.76 Å². The number of nitrogens with two attached hydrogens (primary N) is 1. The van der Waals surface area contributed by atoms with E-state index in [4.69, 9.17) is 33.7 Å². The Morgan fingerprint density at radius 2 is 1.34 bits per heavy atom. The second kappa shape index (κ2) is 18.1. The number of hydrogen-bond donors (Lipinski definition) is 2. The van der Waals surface area contributed by atoms with Gasteiger partial charge >= 0.3 is 26.0 Å². The standard InChI is InChI=1S/C26H48N3O11P/c1-8-15-35-25(32)37-22(17(3)4)39-41(34,40-23(18(5)6)38-26(33)36-16-9-2)28-24(27)29(7)20(21(30)31)19-13-11-10-12-14-19/h17-20,22-23H,8-16H2,1-7H3,(H,30,31)(H2,27,28,34). The molecule has 3 unspecified atom stereocenters. The van der Waals surface area contributed by atoms with E-state index in [1.165, 1.54) is 11.9 Å². The first-order chi connectivity index (χ1) is 19.2. The highest BCUT2D eigenvalue weighted by Crippen LogP contribution is 2.54. The maximum Gasteiger partial charge on any atom is 0.510 e. The van der Waals surface area contributed by atoms with Crippen LogP contribution in [0.15, 0.2) is 4.76 Å². The van der Waals surface area contributed by atoms with Crippen molar-refractivity contribution in [3.05, 3.63) is 0 Å². The van der Waals surface area contributed by atoms with Crippen LogP contribution in [0.5, 0.6) is 0 Å². The molecule has 0 spiro atoms. The quantitative estimate of drug-likeness (QED) is 0.0735. The molecule has 0 aliphatic heterocycles. The van der Waals surface area contributed by atoms with E-state index in [-0.39, 0.29) is 19.1 Å². The topological polar surface area (TPSA) is 186 Å². The Morgan fingerprint density at radius 3 is 1.71 bits per heavy atom. The Labute approximate surface area is 242 Å². The lowest BCUT2D eigenvalue weighted by Crippen LogP contribution is -2.50. The van der Waals surface area contributed by atoms with Gasteiger partial charge in [-0.15, -0.1) is 4.76 Å². The molecule has 14 nitrogen and oxygen atoms in total. The molecule has 0 saturated heterocycles. The molecule has 0 amide bonds. The van der Waals surface area contributed by atoms with Gasteiger partial charge in [0, 0.05) is 18.9 Å². The second-order valence-electron chi connectivity index (χ2n) is 10.6. The van der Waals surface area contributed by atoms with Gasteiger partial charge in [0.15, 0.2) is 0 Å². The van der Waals surface area contributed by atoms with Gasteiger partial charge in [-0.25, -0.2) is 28.0 Å². The molecular weight excluding hydrogens is 561 g/mol. The number of ether oxygens (including phenoxy) is 4. The largest absolute Gasteiger partial charge is 0.510 e. The van der Waals surface area contributed by atoms with Gasteiger partial charge in [-0.3, -0.25) is 0 Å². The fraction of sp³-hybridized carbons (Fsp3) is 0.846. The van der Waals surface area contributed by atoms with Crippen molar-refractivity contribution in [3.8, 4) is 0 Å². The summed E-state index contributed by atoms with van der Waals surface area (Å²) in [4.78, 5) is 37.8. The average molecular weight is 610 g/mol. The summed E-state index contributed by atoms with van der Waals surface area (Å²) >= 11 is 0. The van der Waals surface area contributed by atoms with Gasteiger partial charge in [0.2, 0.25) is 18.5 Å². The number of likely N-dealkylation sites (N-methyl/N-ethyl adjacent to an activating group) is 1. The van der Waals surface area contributed by atoms with Crippen molar-refractivity contribution in [3.63, 3.8) is 0 Å². The number of carbonyl (C=O) groups is 3. The summed E-state index contributed by atoms with van der Waals surface area (Å²) < 4.78 is 49.8. The van der Waals surface area contributed by atoms with Gasteiger partial charge in [-0.2, -0.15) is 0 Å². The Morgan fingerprint density at radius 1 is 0.902 bits per heavy atom. The number of carboxylic acid groups (broad SMARTS) is 1. The highest BCUT2D eigenvalue weighted by Gasteiger charge is 2.40. The molecule has 1 fully saturated rings. The lowest BCUT2D eigenvalue weighted by Gasteiger charge is -2.35. The molecule has 1 aliphatic carbocycles. The number of nitrogens with zero attached hydrogens (tertiary/aromatic N) is 2. The van der Waals surface area contributed by atoms with Crippen LogP contribution in [0.4, 0.5) is 9.59 Å². The van der Waals surface area contributed by atoms with Crippen LogP contribution < -0.4 is 5.73 Å². The third-order valence-electron chi connectivity index (χ3n) is 6.19. The molecule has 0 aromatic heterocycles. The van der Waals surface area contributed by atoms with Gasteiger partial charge in [0.1, 0.15) is 6.04 Å². The molecule has 15 heteroatoms. The minimum Gasteiger partial charge on any atom is -0.480 e. The van der Waals surface area contributed by atoms with Crippen molar-refractivity contribution in [2.24, 2.45) is 28.3 Å². The molecule has 0 aromatic rings. The molecule has 0 heterocycles. The Balaban J connectivity index is 3.42. The zero-order valence-electron chi connectivity index (χ0n) is 25.3. The monoisotopic (exact) mass is 609 g/mol. The summed E-state index contributed by atoms with van der Waals surface area (Å²) in [5.41, 5.74) is 6.20. The van der Waals surface area contributed by atoms with Crippen LogP contribution in [0.1, 0.15) is 86.5 Å². The maximum absolute atomic E-state index is 14.2. The summed E-state index contributed by atoms with van der Waals surface area (Å²) in [6.07, 6.45) is 0.178. The van der Waals surface area contributed by atoms with Crippen LogP contribution in [0.25, 0.3) is 0 Å². The Bertz CT molecular complexity index is 869. The smallest absolute Gasteiger partial charge is 0.480 e. The summed E-state index contributed by atoms with van der Waals surface area (Å²) in [7, 11) is -3.34. The van der Waals surface area contributed by atoms with E-state index in [0.29, 0.717) is 25.7 Å². The van der Waals surface area contributed by atoms with Crippen molar-refractivity contribution in [2.45, 2.75) is 105 Å². The molecule has 238 valence electrons. The molecule has 0 aromatic carbocycles. The summed E-state index contributed by atoms with van der Waals surface area (Å²) in [6, 6.07) is -1.05. The van der Waals surface area contributed by atoms with E-state index < -0.39 is 62.4 Å². The Hall–Kier alpha value is -2.57. The second-order valence-corrected chi connectivity index (χ2v) is 12.1. The highest BCUT2D eigenvalue weighted by molar-refractivity contribution is 7.52. The number of carbonyl (C=O) groups excluding carboxylic acids is 2. The first-order valence-electron chi connectivity index (χ1n) is 14.2. The summed E-state index contributed by atoms with van der Waals surface area (Å²) in [5.74, 6) is -2.88. The van der Waals surface area contributed by atoms with Gasteiger partial charge < -0.3 is 34.7 Å². The molecule has 41 heavy (non-hydrogen) atoms. The van der Waals surface area contributed by atoms with Crippen LogP contribution >= 0.6 is 7.75 Å². The van der Waals surface area contributed by atoms with Crippen LogP contribution in [-0.4, -0.2) is 73.1 Å². The third-order valence-corrected chi connectivity index (χ3v) is 7.59. The first-order valence-corrected chi connectivity index (χ1v) is 15.7. The van der Waals surface area contributed by atoms with Crippen molar-refractivity contribution in [2.75, 3.05) is 20.3 Å². The van der Waals surface area contributed by atoms with Gasteiger partial charge in [0.25, 0.3) is 0 Å². The van der Waals surface area contributed by atoms with Crippen LogP contribution in [-0.2, 0) is 37.4 Å². The maximum atomic E-state index is 14.2. The summed E-state index contributed by atoms with van der Waals surface area (Å²) in [6.45, 7) is 10.3. The van der Waals surface area contributed by atoms with Crippen molar-refractivity contribution in [1.29, 1.82) is 0 Å². The van der Waals surface area contributed by atoms with Gasteiger partial charge in [0.05, 0.1) is 13.2 Å². The van der Waals surface area contributed by atoms with Crippen molar-refractivity contribution in [1.82, 2.24) is 4.90 Å². The molecule has 3 N–H and O–H groups in total. The van der Waals surface area contributed by atoms with Gasteiger partial charge in [-0.1, -0.05) is 60.8 Å². The number of carboxylic acids is 1. The van der Waals surface area contributed by atoms with Gasteiger partial charge in [-0.05, 0) is 31.6 Å². The van der Waals surface area contributed by atoms with Crippen LogP contribution in [0.3, 0.4) is 0 Å². The molecular formula is C26H48N3O11P. The van der Waals surface area contributed by atoms with Crippen LogP contribution in [0.2, 0.25) is 0 Å². The molecule has 3 atom stereocenters. The SMILES string of the molecule is CCCOC(=O)OC(OP(=O)(N=C(N)N(C)C(C(=O)O)C1CCCCC1)OC(OC(=O)OCCC)C(C)C)C(C)C. The van der Waals surface area contributed by atoms with Crippen molar-refractivity contribution < 1.29 is 52.1 Å². The fourth-order valence-electron chi connectivity index (χ4n) is 3.99. The Kier molecular flexibility index (Phi) is 16.1.